The number of likely N-dealkylation sites (tertiary alicyclic amines) is 1. The summed E-state index contributed by atoms with van der Waals surface area (Å²) in [6.07, 6.45) is 5.43. The summed E-state index contributed by atoms with van der Waals surface area (Å²) in [5, 5.41) is 0. The summed E-state index contributed by atoms with van der Waals surface area (Å²) >= 11 is 0. The lowest BCUT2D eigenvalue weighted by Gasteiger charge is -2.33. The average Bonchev–Trinajstić information content (AvgIpc) is 2.52. The number of amides is 2. The van der Waals surface area contributed by atoms with Gasteiger partial charge in [-0.05, 0) is 25.3 Å². The average molecular weight is 286 g/mol. The van der Waals surface area contributed by atoms with Gasteiger partial charge in [-0.15, -0.1) is 0 Å². The monoisotopic (exact) mass is 286 g/mol. The van der Waals surface area contributed by atoms with Gasteiger partial charge in [-0.25, -0.2) is 0 Å². The SMILES string of the molecule is NCC#Cc1cnccc1C(=O)N1CCCCC1C(N)=O. The topological polar surface area (TPSA) is 102 Å². The van der Waals surface area contributed by atoms with Gasteiger partial charge in [0.05, 0.1) is 17.7 Å². The highest BCUT2D eigenvalue weighted by Crippen LogP contribution is 2.20. The van der Waals surface area contributed by atoms with Gasteiger partial charge in [0.2, 0.25) is 5.91 Å². The molecule has 0 spiro atoms. The maximum Gasteiger partial charge on any atom is 0.255 e. The van der Waals surface area contributed by atoms with E-state index in [4.69, 9.17) is 11.5 Å². The summed E-state index contributed by atoms with van der Waals surface area (Å²) in [4.78, 5) is 29.7. The fraction of sp³-hybridized carbons (Fsp3) is 0.400. The summed E-state index contributed by atoms with van der Waals surface area (Å²) in [7, 11) is 0. The largest absolute Gasteiger partial charge is 0.368 e. The number of primary amides is 1. The lowest BCUT2D eigenvalue weighted by molar-refractivity contribution is -0.123. The van der Waals surface area contributed by atoms with Gasteiger partial charge < -0.3 is 16.4 Å². The third-order valence-electron chi connectivity index (χ3n) is 3.47. The number of aromatic nitrogens is 1. The van der Waals surface area contributed by atoms with Crippen molar-refractivity contribution in [1.82, 2.24) is 9.88 Å². The molecule has 2 heterocycles. The van der Waals surface area contributed by atoms with Crippen molar-refractivity contribution in [2.75, 3.05) is 13.1 Å². The molecule has 6 heteroatoms. The zero-order valence-electron chi connectivity index (χ0n) is 11.7. The zero-order chi connectivity index (χ0) is 15.2. The van der Waals surface area contributed by atoms with Gasteiger partial charge in [-0.1, -0.05) is 11.8 Å². The molecule has 1 aromatic rings. The van der Waals surface area contributed by atoms with Crippen LogP contribution < -0.4 is 11.5 Å². The number of rotatable bonds is 2. The lowest BCUT2D eigenvalue weighted by Crippen LogP contribution is -2.50. The minimum atomic E-state index is -0.547. The highest BCUT2D eigenvalue weighted by Gasteiger charge is 2.31. The first-order valence-electron chi connectivity index (χ1n) is 6.88. The van der Waals surface area contributed by atoms with E-state index in [-0.39, 0.29) is 12.5 Å². The van der Waals surface area contributed by atoms with Gasteiger partial charge in [0.25, 0.3) is 5.91 Å². The standard InChI is InChI=1S/C15H18N4O2/c16-7-3-4-11-10-18-8-6-12(11)15(21)19-9-2-1-5-13(19)14(17)20/h6,8,10,13H,1-2,5,7,9,16H2,(H2,17,20). The van der Waals surface area contributed by atoms with Crippen molar-refractivity contribution >= 4 is 11.8 Å². The highest BCUT2D eigenvalue weighted by molar-refractivity contribution is 5.99. The van der Waals surface area contributed by atoms with Gasteiger partial charge in [-0.2, -0.15) is 0 Å². The van der Waals surface area contributed by atoms with Crippen LogP contribution in [0.25, 0.3) is 0 Å². The van der Waals surface area contributed by atoms with Crippen LogP contribution in [-0.4, -0.2) is 40.8 Å². The van der Waals surface area contributed by atoms with Crippen molar-refractivity contribution in [1.29, 1.82) is 0 Å². The number of hydrogen-bond acceptors (Lipinski definition) is 4. The molecule has 0 aromatic carbocycles. The van der Waals surface area contributed by atoms with Crippen molar-refractivity contribution in [2.24, 2.45) is 11.5 Å². The van der Waals surface area contributed by atoms with Gasteiger partial charge >= 0.3 is 0 Å². The van der Waals surface area contributed by atoms with E-state index in [0.717, 1.165) is 12.8 Å². The van der Waals surface area contributed by atoms with Gasteiger partial charge in [0, 0.05) is 18.9 Å². The Labute approximate surface area is 123 Å². The molecule has 110 valence electrons. The maximum absolute atomic E-state index is 12.7. The zero-order valence-corrected chi connectivity index (χ0v) is 11.7. The van der Waals surface area contributed by atoms with Crippen LogP contribution >= 0.6 is 0 Å². The summed E-state index contributed by atoms with van der Waals surface area (Å²) in [6, 6.07) is 1.06. The molecule has 1 fully saturated rings. The number of carbonyl (C=O) groups is 2. The van der Waals surface area contributed by atoms with Crippen LogP contribution in [0, 0.1) is 11.8 Å². The predicted molar refractivity (Wildman–Crippen MR) is 78.0 cm³/mol. The second kappa shape index (κ2) is 6.86. The van der Waals surface area contributed by atoms with E-state index in [1.165, 1.54) is 17.3 Å². The van der Waals surface area contributed by atoms with E-state index < -0.39 is 11.9 Å². The highest BCUT2D eigenvalue weighted by atomic mass is 16.2. The summed E-state index contributed by atoms with van der Waals surface area (Å²) in [5.74, 6) is 4.85. The third kappa shape index (κ3) is 3.38. The van der Waals surface area contributed by atoms with Crippen LogP contribution in [0.1, 0.15) is 35.2 Å². The van der Waals surface area contributed by atoms with Crippen LogP contribution in [0.4, 0.5) is 0 Å². The van der Waals surface area contributed by atoms with E-state index in [2.05, 4.69) is 16.8 Å². The molecule has 2 amide bonds. The number of hydrogen-bond donors (Lipinski definition) is 2. The summed E-state index contributed by atoms with van der Waals surface area (Å²) < 4.78 is 0. The molecule has 0 bridgehead atoms. The molecule has 0 aliphatic carbocycles. The fourth-order valence-electron chi connectivity index (χ4n) is 2.45. The van der Waals surface area contributed by atoms with E-state index in [0.29, 0.717) is 24.1 Å². The van der Waals surface area contributed by atoms with Crippen LogP contribution in [0.3, 0.4) is 0 Å². The molecule has 0 saturated carbocycles. The number of nitrogens with two attached hydrogens (primary N) is 2. The van der Waals surface area contributed by atoms with Crippen molar-refractivity contribution in [2.45, 2.75) is 25.3 Å². The van der Waals surface area contributed by atoms with E-state index in [1.54, 1.807) is 6.07 Å². The normalized spacial score (nSPS) is 17.8. The van der Waals surface area contributed by atoms with Crippen LogP contribution in [-0.2, 0) is 4.79 Å². The second-order valence-corrected chi connectivity index (χ2v) is 4.84. The maximum atomic E-state index is 12.7. The third-order valence-corrected chi connectivity index (χ3v) is 3.47. The van der Waals surface area contributed by atoms with E-state index in [1.807, 2.05) is 0 Å². The molecule has 1 unspecified atom stereocenters. The summed E-state index contributed by atoms with van der Waals surface area (Å²) in [5.41, 5.74) is 11.7. The van der Waals surface area contributed by atoms with Crippen molar-refractivity contribution in [3.63, 3.8) is 0 Å². The molecule has 21 heavy (non-hydrogen) atoms. The molecule has 0 radical (unpaired) electrons. The number of pyridine rings is 1. The minimum absolute atomic E-state index is 0.205. The number of piperidine rings is 1. The Balaban J connectivity index is 2.32. The Morgan fingerprint density at radius 3 is 2.95 bits per heavy atom. The van der Waals surface area contributed by atoms with Crippen LogP contribution in [0.5, 0.6) is 0 Å². The van der Waals surface area contributed by atoms with Crippen molar-refractivity contribution in [3.05, 3.63) is 29.6 Å². The van der Waals surface area contributed by atoms with E-state index in [9.17, 15) is 9.59 Å². The summed E-state index contributed by atoms with van der Waals surface area (Å²) in [6.45, 7) is 0.731. The quantitative estimate of drug-likeness (QED) is 0.739. The molecule has 1 saturated heterocycles. The minimum Gasteiger partial charge on any atom is -0.368 e. The predicted octanol–water partition coefficient (Wildman–Crippen LogP) is -0.128. The van der Waals surface area contributed by atoms with Gasteiger partial charge in [-0.3, -0.25) is 14.6 Å². The van der Waals surface area contributed by atoms with E-state index >= 15 is 0 Å². The Morgan fingerprint density at radius 1 is 1.43 bits per heavy atom. The van der Waals surface area contributed by atoms with Crippen LogP contribution in [0.2, 0.25) is 0 Å². The Morgan fingerprint density at radius 2 is 2.24 bits per heavy atom. The Bertz CT molecular complexity index is 603. The lowest BCUT2D eigenvalue weighted by atomic mass is 9.99. The molecule has 1 aliphatic heterocycles. The Kier molecular flexibility index (Phi) is 4.90. The first-order valence-corrected chi connectivity index (χ1v) is 6.88. The Hall–Kier alpha value is -2.39. The van der Waals surface area contributed by atoms with Gasteiger partial charge in [0.15, 0.2) is 0 Å². The molecular formula is C15H18N4O2. The molecule has 1 atom stereocenters. The van der Waals surface area contributed by atoms with Crippen molar-refractivity contribution < 1.29 is 9.59 Å². The van der Waals surface area contributed by atoms with Crippen molar-refractivity contribution in [3.8, 4) is 11.8 Å². The second-order valence-electron chi connectivity index (χ2n) is 4.84. The number of carbonyl (C=O) groups excluding carboxylic acids is 2. The smallest absolute Gasteiger partial charge is 0.255 e. The molecule has 1 aromatic heterocycles. The van der Waals surface area contributed by atoms with Crippen LogP contribution in [0.15, 0.2) is 18.5 Å². The molecule has 4 N–H and O–H groups in total. The fourth-order valence-corrected chi connectivity index (χ4v) is 2.45. The molecular weight excluding hydrogens is 268 g/mol. The van der Waals surface area contributed by atoms with Gasteiger partial charge in [0.1, 0.15) is 6.04 Å². The molecule has 6 nitrogen and oxygen atoms in total. The molecule has 1 aliphatic rings. The number of nitrogens with zero attached hydrogens (tertiary/aromatic N) is 2. The molecule has 2 rings (SSSR count). The first kappa shape index (κ1) is 15.0. The first-order chi connectivity index (χ1) is 10.1.